The Balaban J connectivity index is 2.02. The molecule has 0 aromatic heterocycles. The third-order valence-electron chi connectivity index (χ3n) is 4.26. The Hall–Kier alpha value is -2.38. The van der Waals surface area contributed by atoms with Crippen molar-refractivity contribution >= 4 is 27.3 Å². The van der Waals surface area contributed by atoms with E-state index in [-0.39, 0.29) is 17.3 Å². The van der Waals surface area contributed by atoms with Crippen molar-refractivity contribution in [3.05, 3.63) is 54.1 Å². The van der Waals surface area contributed by atoms with E-state index in [0.29, 0.717) is 30.6 Å². The average Bonchev–Trinajstić information content (AvgIpc) is 2.80. The quantitative estimate of drug-likeness (QED) is 0.842. The lowest BCUT2D eigenvalue weighted by molar-refractivity contribution is -0.116. The van der Waals surface area contributed by atoms with Crippen molar-refractivity contribution in [1.82, 2.24) is 0 Å². The number of hydrogen-bond donors (Lipinski definition) is 2. The zero-order chi connectivity index (χ0) is 18.7. The van der Waals surface area contributed by atoms with Crippen molar-refractivity contribution in [3.63, 3.8) is 0 Å². The Morgan fingerprint density at radius 3 is 2.58 bits per heavy atom. The molecule has 138 valence electrons. The molecule has 2 aromatic rings. The minimum absolute atomic E-state index is 0.0415. The Labute approximate surface area is 153 Å². The predicted octanol–water partition coefficient (Wildman–Crippen LogP) is 2.54. The van der Waals surface area contributed by atoms with E-state index in [9.17, 15) is 18.3 Å². The summed E-state index contributed by atoms with van der Waals surface area (Å²) in [4.78, 5) is 11.8. The van der Waals surface area contributed by atoms with E-state index in [1.807, 2.05) is 6.07 Å². The Morgan fingerprint density at radius 1 is 1.15 bits per heavy atom. The molecule has 7 heteroatoms. The molecule has 1 heterocycles. The molecule has 0 radical (unpaired) electrons. The standard InChI is InChI=1S/C19H22N2O4S/c1-14(22)13-21(16-7-3-2-4-8-16)26(24,25)17-10-11-18-15(12-17)6-5-9-19(23)20-18/h2-4,7-8,10-12,14,22H,5-6,9,13H2,1H3,(H,20,23)/t14-/m0/s1. The van der Waals surface area contributed by atoms with Crippen LogP contribution in [0.15, 0.2) is 53.4 Å². The number of fused-ring (bicyclic) bond motifs is 1. The molecule has 2 N–H and O–H groups in total. The highest BCUT2D eigenvalue weighted by atomic mass is 32.2. The van der Waals surface area contributed by atoms with E-state index < -0.39 is 16.1 Å². The fraction of sp³-hybridized carbons (Fsp3) is 0.316. The van der Waals surface area contributed by atoms with Gasteiger partial charge in [0.15, 0.2) is 0 Å². The Bertz CT molecular complexity index is 895. The molecule has 6 nitrogen and oxygen atoms in total. The molecule has 1 amide bonds. The lowest BCUT2D eigenvalue weighted by Gasteiger charge is -2.26. The molecule has 0 saturated heterocycles. The van der Waals surface area contributed by atoms with E-state index in [0.717, 1.165) is 5.56 Å². The zero-order valence-corrected chi connectivity index (χ0v) is 15.4. The maximum Gasteiger partial charge on any atom is 0.264 e. The van der Waals surface area contributed by atoms with Crippen molar-refractivity contribution in [2.45, 2.75) is 37.2 Å². The van der Waals surface area contributed by atoms with Crippen LogP contribution in [0.4, 0.5) is 11.4 Å². The van der Waals surface area contributed by atoms with Crippen LogP contribution < -0.4 is 9.62 Å². The highest BCUT2D eigenvalue weighted by Gasteiger charge is 2.27. The number of rotatable bonds is 5. The van der Waals surface area contributed by atoms with E-state index in [1.54, 1.807) is 43.3 Å². The molecule has 0 spiro atoms. The summed E-state index contributed by atoms with van der Waals surface area (Å²) < 4.78 is 27.7. The second-order valence-corrected chi connectivity index (χ2v) is 8.30. The largest absolute Gasteiger partial charge is 0.392 e. The van der Waals surface area contributed by atoms with Gasteiger partial charge in [0.05, 0.1) is 23.2 Å². The van der Waals surface area contributed by atoms with E-state index in [4.69, 9.17) is 0 Å². The van der Waals surface area contributed by atoms with Crippen LogP contribution in [0.5, 0.6) is 0 Å². The molecule has 0 aliphatic carbocycles. The summed E-state index contributed by atoms with van der Waals surface area (Å²) in [6, 6.07) is 13.5. The van der Waals surface area contributed by atoms with Crippen LogP contribution in [0.25, 0.3) is 0 Å². The van der Waals surface area contributed by atoms with Crippen LogP contribution in [0.1, 0.15) is 25.3 Å². The molecule has 26 heavy (non-hydrogen) atoms. The predicted molar refractivity (Wildman–Crippen MR) is 101 cm³/mol. The number of carbonyl (C=O) groups is 1. The van der Waals surface area contributed by atoms with Crippen LogP contribution in [-0.2, 0) is 21.2 Å². The third kappa shape index (κ3) is 3.89. The van der Waals surface area contributed by atoms with Crippen LogP contribution >= 0.6 is 0 Å². The summed E-state index contributed by atoms with van der Waals surface area (Å²) in [5.74, 6) is -0.0561. The summed E-state index contributed by atoms with van der Waals surface area (Å²) in [6.45, 7) is 1.51. The van der Waals surface area contributed by atoms with Crippen LogP contribution in [0.3, 0.4) is 0 Å². The molecule has 0 unspecified atom stereocenters. The zero-order valence-electron chi connectivity index (χ0n) is 14.6. The Kier molecular flexibility index (Phi) is 5.29. The number of hydrogen-bond acceptors (Lipinski definition) is 4. The first-order valence-electron chi connectivity index (χ1n) is 8.56. The van der Waals surface area contributed by atoms with Gasteiger partial charge in [-0.2, -0.15) is 0 Å². The van der Waals surface area contributed by atoms with Crippen molar-refractivity contribution in [2.24, 2.45) is 0 Å². The van der Waals surface area contributed by atoms with Crippen molar-refractivity contribution in [3.8, 4) is 0 Å². The number of para-hydroxylation sites is 1. The first-order valence-corrected chi connectivity index (χ1v) is 10.0. The number of amides is 1. The fourth-order valence-electron chi connectivity index (χ4n) is 3.02. The summed E-state index contributed by atoms with van der Waals surface area (Å²) in [5, 5.41) is 12.6. The maximum absolute atomic E-state index is 13.2. The monoisotopic (exact) mass is 374 g/mol. The molecule has 0 saturated carbocycles. The van der Waals surface area contributed by atoms with Gasteiger partial charge in [-0.25, -0.2) is 8.42 Å². The topological polar surface area (TPSA) is 86.7 Å². The summed E-state index contributed by atoms with van der Waals surface area (Å²) in [6.07, 6.45) is 0.928. The van der Waals surface area contributed by atoms with Gasteiger partial charge in [0.25, 0.3) is 10.0 Å². The SMILES string of the molecule is C[C@H](O)CN(c1ccccc1)S(=O)(=O)c1ccc2c(c1)CCCC(=O)N2. The fourth-order valence-corrected chi connectivity index (χ4v) is 4.61. The van der Waals surface area contributed by atoms with E-state index in [1.165, 1.54) is 10.4 Å². The number of aryl methyl sites for hydroxylation is 1. The maximum atomic E-state index is 13.2. The van der Waals surface area contributed by atoms with Gasteiger partial charge in [-0.15, -0.1) is 0 Å². The molecule has 0 fully saturated rings. The number of anilines is 2. The number of nitrogens with zero attached hydrogens (tertiary/aromatic N) is 1. The minimum Gasteiger partial charge on any atom is -0.392 e. The molecule has 1 aliphatic rings. The molecular weight excluding hydrogens is 352 g/mol. The van der Waals surface area contributed by atoms with Crippen LogP contribution in [0, 0.1) is 0 Å². The van der Waals surface area contributed by atoms with Crippen molar-refractivity contribution in [2.75, 3.05) is 16.2 Å². The first-order chi connectivity index (χ1) is 12.4. The van der Waals surface area contributed by atoms with Gasteiger partial charge in [0.2, 0.25) is 5.91 Å². The number of aliphatic hydroxyl groups is 1. The Morgan fingerprint density at radius 2 is 1.88 bits per heavy atom. The normalized spacial score (nSPS) is 15.5. The molecule has 1 atom stereocenters. The lowest BCUT2D eigenvalue weighted by atomic mass is 10.1. The number of nitrogens with one attached hydrogen (secondary N) is 1. The summed E-state index contributed by atoms with van der Waals surface area (Å²) in [7, 11) is -3.85. The number of aliphatic hydroxyl groups excluding tert-OH is 1. The third-order valence-corrected chi connectivity index (χ3v) is 6.05. The number of benzene rings is 2. The minimum atomic E-state index is -3.85. The number of sulfonamides is 1. The van der Waals surface area contributed by atoms with Crippen molar-refractivity contribution < 1.29 is 18.3 Å². The molecule has 2 aromatic carbocycles. The summed E-state index contributed by atoms with van der Waals surface area (Å²) in [5.41, 5.74) is 1.96. The second-order valence-electron chi connectivity index (χ2n) is 6.44. The highest BCUT2D eigenvalue weighted by molar-refractivity contribution is 7.92. The molecule has 1 aliphatic heterocycles. The molecule has 0 bridgehead atoms. The smallest absolute Gasteiger partial charge is 0.264 e. The van der Waals surface area contributed by atoms with Crippen LogP contribution in [0.2, 0.25) is 0 Å². The van der Waals surface area contributed by atoms with Crippen LogP contribution in [-0.4, -0.2) is 32.1 Å². The second kappa shape index (κ2) is 7.47. The van der Waals surface area contributed by atoms with Gasteiger partial charge in [0.1, 0.15) is 0 Å². The number of carbonyl (C=O) groups excluding carboxylic acids is 1. The van der Waals surface area contributed by atoms with E-state index >= 15 is 0 Å². The van der Waals surface area contributed by atoms with E-state index in [2.05, 4.69) is 5.32 Å². The van der Waals surface area contributed by atoms with Gasteiger partial charge in [-0.1, -0.05) is 18.2 Å². The van der Waals surface area contributed by atoms with Gasteiger partial charge in [-0.3, -0.25) is 9.10 Å². The van der Waals surface area contributed by atoms with Crippen molar-refractivity contribution in [1.29, 1.82) is 0 Å². The molecule has 3 rings (SSSR count). The lowest BCUT2D eigenvalue weighted by Crippen LogP contribution is -2.36. The van der Waals surface area contributed by atoms with Gasteiger partial charge < -0.3 is 10.4 Å². The highest BCUT2D eigenvalue weighted by Crippen LogP contribution is 2.29. The van der Waals surface area contributed by atoms with Gasteiger partial charge in [0, 0.05) is 12.1 Å². The first kappa shape index (κ1) is 18.4. The van der Waals surface area contributed by atoms with Gasteiger partial charge >= 0.3 is 0 Å². The summed E-state index contributed by atoms with van der Waals surface area (Å²) >= 11 is 0. The van der Waals surface area contributed by atoms with Gasteiger partial charge in [-0.05, 0) is 55.7 Å². The average molecular weight is 374 g/mol. The molecular formula is C19H22N2O4S.